The van der Waals surface area contributed by atoms with Gasteiger partial charge in [0.05, 0.1) is 12.1 Å². The van der Waals surface area contributed by atoms with Crippen LogP contribution in [0.25, 0.3) is 0 Å². The summed E-state index contributed by atoms with van der Waals surface area (Å²) in [7, 11) is 1.61. The van der Waals surface area contributed by atoms with E-state index in [9.17, 15) is 0 Å². The number of nitrogens with two attached hydrogens (primary N) is 1. The Morgan fingerprint density at radius 2 is 1.79 bits per heavy atom. The molecule has 0 fully saturated rings. The van der Waals surface area contributed by atoms with Crippen molar-refractivity contribution in [2.75, 3.05) is 13.7 Å². The van der Waals surface area contributed by atoms with Gasteiger partial charge in [-0.1, -0.05) is 35.9 Å². The molecule has 0 unspecified atom stereocenters. The zero-order valence-corrected chi connectivity index (χ0v) is 11.5. The Balaban J connectivity index is 2.37. The first kappa shape index (κ1) is 13.7. The van der Waals surface area contributed by atoms with E-state index in [1.54, 1.807) is 13.2 Å². The zero-order valence-electron chi connectivity index (χ0n) is 10.7. The fourth-order valence-electron chi connectivity index (χ4n) is 1.83. The van der Waals surface area contributed by atoms with Gasteiger partial charge in [-0.25, -0.2) is 0 Å². The molecule has 100 valence electrons. The molecule has 2 N–H and O–H groups in total. The number of halogens is 1. The van der Waals surface area contributed by atoms with E-state index in [2.05, 4.69) is 0 Å². The Hall–Kier alpha value is -1.71. The largest absolute Gasteiger partial charge is 0.493 e. The second kappa shape index (κ2) is 6.45. The molecule has 2 rings (SSSR count). The van der Waals surface area contributed by atoms with Crippen LogP contribution in [-0.4, -0.2) is 13.7 Å². The van der Waals surface area contributed by atoms with Gasteiger partial charge in [0.2, 0.25) is 0 Å². The van der Waals surface area contributed by atoms with Gasteiger partial charge in [-0.15, -0.1) is 0 Å². The van der Waals surface area contributed by atoms with E-state index >= 15 is 0 Å². The Labute approximate surface area is 117 Å². The van der Waals surface area contributed by atoms with Crippen LogP contribution >= 0.6 is 11.6 Å². The van der Waals surface area contributed by atoms with Gasteiger partial charge in [0.25, 0.3) is 0 Å². The number of rotatable bonds is 5. The normalized spacial score (nSPS) is 10.3. The van der Waals surface area contributed by atoms with Crippen LogP contribution in [0.4, 0.5) is 0 Å². The highest BCUT2D eigenvalue weighted by molar-refractivity contribution is 6.32. The van der Waals surface area contributed by atoms with Crippen LogP contribution in [0.3, 0.4) is 0 Å². The first-order chi connectivity index (χ1) is 9.26. The summed E-state index contributed by atoms with van der Waals surface area (Å²) < 4.78 is 11.2. The van der Waals surface area contributed by atoms with Gasteiger partial charge < -0.3 is 15.2 Å². The molecule has 0 radical (unpaired) electrons. The molecule has 0 saturated carbocycles. The van der Waals surface area contributed by atoms with Gasteiger partial charge in [0.15, 0.2) is 11.5 Å². The van der Waals surface area contributed by atoms with Crippen LogP contribution in [-0.2, 0) is 6.42 Å². The summed E-state index contributed by atoms with van der Waals surface area (Å²) in [4.78, 5) is 0. The molecular weight excluding hydrogens is 262 g/mol. The maximum absolute atomic E-state index is 6.20. The van der Waals surface area contributed by atoms with Crippen molar-refractivity contribution in [2.45, 2.75) is 6.42 Å². The highest BCUT2D eigenvalue weighted by Gasteiger charge is 2.11. The summed E-state index contributed by atoms with van der Waals surface area (Å²) in [6.07, 6.45) is 0.713. The lowest BCUT2D eigenvalue weighted by Crippen LogP contribution is -2.04. The third-order valence-corrected chi connectivity index (χ3v) is 3.04. The van der Waals surface area contributed by atoms with E-state index in [1.807, 2.05) is 36.4 Å². The van der Waals surface area contributed by atoms with Crippen molar-refractivity contribution in [3.05, 3.63) is 53.1 Å². The van der Waals surface area contributed by atoms with Crippen LogP contribution in [0.5, 0.6) is 17.2 Å². The first-order valence-corrected chi connectivity index (χ1v) is 6.42. The molecule has 2 aromatic carbocycles. The zero-order chi connectivity index (χ0) is 13.7. The molecule has 0 atom stereocenters. The van der Waals surface area contributed by atoms with Crippen LogP contribution in [0.1, 0.15) is 5.56 Å². The predicted octanol–water partition coefficient (Wildman–Crippen LogP) is 3.64. The van der Waals surface area contributed by atoms with Crippen LogP contribution in [0.15, 0.2) is 42.5 Å². The van der Waals surface area contributed by atoms with E-state index in [0.717, 1.165) is 5.56 Å². The van der Waals surface area contributed by atoms with E-state index in [4.69, 9.17) is 26.8 Å². The molecule has 4 heteroatoms. The SMILES string of the molecule is COc1ccccc1Oc1c(Cl)cccc1CCN. The number of methoxy groups -OCH3 is 1. The van der Waals surface area contributed by atoms with Crippen LogP contribution < -0.4 is 15.2 Å². The number of ether oxygens (including phenoxy) is 2. The lowest BCUT2D eigenvalue weighted by atomic mass is 10.1. The van der Waals surface area contributed by atoms with E-state index in [0.29, 0.717) is 35.2 Å². The molecular formula is C15H16ClNO2. The van der Waals surface area contributed by atoms with E-state index in [1.165, 1.54) is 0 Å². The molecule has 0 aliphatic carbocycles. The van der Waals surface area contributed by atoms with Crippen molar-refractivity contribution in [1.29, 1.82) is 0 Å². The highest BCUT2D eigenvalue weighted by atomic mass is 35.5. The van der Waals surface area contributed by atoms with Crippen molar-refractivity contribution in [3.63, 3.8) is 0 Å². The monoisotopic (exact) mass is 277 g/mol. The molecule has 0 amide bonds. The van der Waals surface area contributed by atoms with Crippen molar-refractivity contribution in [3.8, 4) is 17.2 Å². The molecule has 0 spiro atoms. The quantitative estimate of drug-likeness (QED) is 0.907. The standard InChI is InChI=1S/C15H16ClNO2/c1-18-13-7-2-3-8-14(13)19-15-11(9-10-17)5-4-6-12(15)16/h2-8H,9-10,17H2,1H3. The number of benzene rings is 2. The van der Waals surface area contributed by atoms with Gasteiger partial charge in [-0.3, -0.25) is 0 Å². The van der Waals surface area contributed by atoms with Gasteiger partial charge >= 0.3 is 0 Å². The summed E-state index contributed by atoms with van der Waals surface area (Å²) in [6.45, 7) is 0.544. The Morgan fingerprint density at radius 3 is 2.47 bits per heavy atom. The molecule has 2 aromatic rings. The summed E-state index contributed by atoms with van der Waals surface area (Å²) in [6, 6.07) is 13.1. The number of hydrogen-bond acceptors (Lipinski definition) is 3. The van der Waals surface area contributed by atoms with Crippen LogP contribution in [0.2, 0.25) is 5.02 Å². The molecule has 0 bridgehead atoms. The average Bonchev–Trinajstić information content (AvgIpc) is 2.43. The third-order valence-electron chi connectivity index (χ3n) is 2.74. The third kappa shape index (κ3) is 3.19. The Bertz CT molecular complexity index is 558. The minimum atomic E-state index is 0.544. The maximum Gasteiger partial charge on any atom is 0.169 e. The van der Waals surface area contributed by atoms with E-state index < -0.39 is 0 Å². The lowest BCUT2D eigenvalue weighted by Gasteiger charge is -2.14. The summed E-state index contributed by atoms with van der Waals surface area (Å²) >= 11 is 6.20. The summed E-state index contributed by atoms with van der Waals surface area (Å²) in [5.41, 5.74) is 6.59. The minimum absolute atomic E-state index is 0.544. The molecule has 3 nitrogen and oxygen atoms in total. The molecule has 0 aromatic heterocycles. The van der Waals surface area contributed by atoms with Crippen molar-refractivity contribution in [2.24, 2.45) is 5.73 Å². The smallest absolute Gasteiger partial charge is 0.169 e. The second-order valence-corrected chi connectivity index (χ2v) is 4.43. The first-order valence-electron chi connectivity index (χ1n) is 6.04. The average molecular weight is 278 g/mol. The van der Waals surface area contributed by atoms with Gasteiger partial charge in [-0.2, -0.15) is 0 Å². The minimum Gasteiger partial charge on any atom is -0.493 e. The highest BCUT2D eigenvalue weighted by Crippen LogP contribution is 2.37. The summed E-state index contributed by atoms with van der Waals surface area (Å²) in [5, 5.41) is 0.567. The molecule has 0 aliphatic rings. The van der Waals surface area contributed by atoms with Crippen molar-refractivity contribution in [1.82, 2.24) is 0 Å². The van der Waals surface area contributed by atoms with Gasteiger partial charge in [-0.05, 0) is 36.7 Å². The Morgan fingerprint density at radius 1 is 1.05 bits per heavy atom. The number of para-hydroxylation sites is 3. The van der Waals surface area contributed by atoms with E-state index in [-0.39, 0.29) is 0 Å². The molecule has 0 heterocycles. The Kier molecular flexibility index (Phi) is 4.66. The lowest BCUT2D eigenvalue weighted by molar-refractivity contribution is 0.377. The summed E-state index contributed by atoms with van der Waals surface area (Å²) in [5.74, 6) is 1.94. The maximum atomic E-state index is 6.20. The van der Waals surface area contributed by atoms with Crippen molar-refractivity contribution < 1.29 is 9.47 Å². The van der Waals surface area contributed by atoms with Gasteiger partial charge in [0.1, 0.15) is 5.75 Å². The fourth-order valence-corrected chi connectivity index (χ4v) is 2.07. The second-order valence-electron chi connectivity index (χ2n) is 4.02. The van der Waals surface area contributed by atoms with Crippen LogP contribution in [0, 0.1) is 0 Å². The molecule has 0 aliphatic heterocycles. The number of hydrogen-bond donors (Lipinski definition) is 1. The topological polar surface area (TPSA) is 44.5 Å². The molecule has 19 heavy (non-hydrogen) atoms. The fraction of sp³-hybridized carbons (Fsp3) is 0.200. The van der Waals surface area contributed by atoms with Crippen molar-refractivity contribution >= 4 is 11.6 Å². The molecule has 0 saturated heterocycles. The van der Waals surface area contributed by atoms with Gasteiger partial charge in [0, 0.05) is 0 Å². The predicted molar refractivity (Wildman–Crippen MR) is 77.3 cm³/mol.